The van der Waals surface area contributed by atoms with Gasteiger partial charge < -0.3 is 5.32 Å². The van der Waals surface area contributed by atoms with Gasteiger partial charge in [0.1, 0.15) is 0 Å². The van der Waals surface area contributed by atoms with Gasteiger partial charge in [0, 0.05) is 10.7 Å². The maximum Gasteiger partial charge on any atom is 0.0714 e. The Morgan fingerprint density at radius 1 is 1.42 bits per heavy atom. The molecule has 0 saturated heterocycles. The van der Waals surface area contributed by atoms with E-state index in [1.54, 1.807) is 0 Å². The van der Waals surface area contributed by atoms with Crippen LogP contribution in [-0.4, -0.2) is 11.5 Å². The Bertz CT molecular complexity index is 435. The molecule has 0 aromatic carbocycles. The first-order valence-corrected chi connectivity index (χ1v) is 8.41. The number of nitrogens with zero attached hydrogens (tertiary/aromatic N) is 1. The van der Waals surface area contributed by atoms with E-state index in [0.717, 1.165) is 28.8 Å². The smallest absolute Gasteiger partial charge is 0.0714 e. The fourth-order valence-corrected chi connectivity index (χ4v) is 4.69. The molecule has 3 rings (SSSR count). The predicted octanol–water partition coefficient (Wildman–Crippen LogP) is 4.32. The van der Waals surface area contributed by atoms with Gasteiger partial charge in [0.05, 0.1) is 11.7 Å². The Hall–Kier alpha value is -0.410. The lowest BCUT2D eigenvalue weighted by molar-refractivity contribution is 0.278. The van der Waals surface area contributed by atoms with E-state index >= 15 is 0 Å². The lowest BCUT2D eigenvalue weighted by Gasteiger charge is -2.27. The molecule has 0 spiro atoms. The van der Waals surface area contributed by atoms with Gasteiger partial charge in [0.2, 0.25) is 0 Å². The first-order chi connectivity index (χ1) is 9.28. The molecule has 1 heterocycles. The molecule has 19 heavy (non-hydrogen) atoms. The maximum absolute atomic E-state index is 4.59. The highest BCUT2D eigenvalue weighted by Crippen LogP contribution is 2.51. The van der Waals surface area contributed by atoms with Crippen LogP contribution in [0.3, 0.4) is 0 Å². The number of hydrogen-bond donors (Lipinski definition) is 1. The molecule has 0 aliphatic heterocycles. The Kier molecular flexibility index (Phi) is 4.23. The van der Waals surface area contributed by atoms with E-state index in [-0.39, 0.29) is 0 Å². The monoisotopic (exact) mass is 322 g/mol. The second-order valence-corrected chi connectivity index (χ2v) is 7.01. The molecule has 3 heteroatoms. The zero-order valence-electron chi connectivity index (χ0n) is 11.6. The third kappa shape index (κ3) is 2.87. The number of aromatic nitrogens is 1. The Labute approximate surface area is 124 Å². The molecule has 4 unspecified atom stereocenters. The SMILES string of the molecule is CCNC(CC1CC2CCC1C2)c1ncccc1Br. The molecule has 2 bridgehead atoms. The molecule has 2 aliphatic rings. The van der Waals surface area contributed by atoms with E-state index in [4.69, 9.17) is 0 Å². The zero-order chi connectivity index (χ0) is 13.2. The van der Waals surface area contributed by atoms with Crippen LogP contribution in [0.1, 0.15) is 50.8 Å². The van der Waals surface area contributed by atoms with E-state index in [2.05, 4.69) is 39.2 Å². The molecule has 2 aliphatic carbocycles. The van der Waals surface area contributed by atoms with Gasteiger partial charge in [-0.15, -0.1) is 0 Å². The third-order valence-corrected chi connectivity index (χ3v) is 5.66. The van der Waals surface area contributed by atoms with Gasteiger partial charge in [0.15, 0.2) is 0 Å². The second kappa shape index (κ2) is 5.92. The number of halogens is 1. The Morgan fingerprint density at radius 3 is 2.95 bits per heavy atom. The molecule has 1 aromatic heterocycles. The molecule has 104 valence electrons. The number of nitrogens with one attached hydrogen (secondary N) is 1. The van der Waals surface area contributed by atoms with Gasteiger partial charge in [-0.2, -0.15) is 0 Å². The van der Waals surface area contributed by atoms with E-state index in [1.165, 1.54) is 37.8 Å². The predicted molar refractivity (Wildman–Crippen MR) is 81.9 cm³/mol. The molecule has 4 atom stereocenters. The number of hydrogen-bond acceptors (Lipinski definition) is 2. The van der Waals surface area contributed by atoms with E-state index in [9.17, 15) is 0 Å². The number of pyridine rings is 1. The maximum atomic E-state index is 4.59. The van der Waals surface area contributed by atoms with Crippen molar-refractivity contribution in [3.8, 4) is 0 Å². The van der Waals surface area contributed by atoms with Crippen molar-refractivity contribution < 1.29 is 0 Å². The molecule has 1 aromatic rings. The summed E-state index contributed by atoms with van der Waals surface area (Å²) < 4.78 is 1.14. The number of rotatable bonds is 5. The van der Waals surface area contributed by atoms with Gasteiger partial charge in [0.25, 0.3) is 0 Å². The van der Waals surface area contributed by atoms with Gasteiger partial charge in [-0.3, -0.25) is 4.98 Å². The molecule has 2 saturated carbocycles. The van der Waals surface area contributed by atoms with E-state index in [1.807, 2.05) is 12.3 Å². The fourth-order valence-electron chi connectivity index (χ4n) is 4.16. The van der Waals surface area contributed by atoms with Gasteiger partial charge in [-0.1, -0.05) is 13.3 Å². The minimum absolute atomic E-state index is 0.407. The lowest BCUT2D eigenvalue weighted by atomic mass is 9.83. The van der Waals surface area contributed by atoms with Crippen LogP contribution in [0.4, 0.5) is 0 Å². The molecule has 1 N–H and O–H groups in total. The summed E-state index contributed by atoms with van der Waals surface area (Å²) >= 11 is 3.65. The van der Waals surface area contributed by atoms with Crippen LogP contribution in [0.5, 0.6) is 0 Å². The fraction of sp³-hybridized carbons (Fsp3) is 0.688. The second-order valence-electron chi connectivity index (χ2n) is 6.15. The summed E-state index contributed by atoms with van der Waals surface area (Å²) in [5.41, 5.74) is 1.19. The average Bonchev–Trinajstić information content (AvgIpc) is 3.01. The first kappa shape index (κ1) is 13.6. The first-order valence-electron chi connectivity index (χ1n) is 7.61. The molecule has 0 radical (unpaired) electrons. The van der Waals surface area contributed by atoms with E-state index in [0.29, 0.717) is 6.04 Å². The Morgan fingerprint density at radius 2 is 2.32 bits per heavy atom. The van der Waals surface area contributed by atoms with Crippen molar-refractivity contribution in [3.05, 3.63) is 28.5 Å². The zero-order valence-corrected chi connectivity index (χ0v) is 13.2. The third-order valence-electron chi connectivity index (χ3n) is 4.99. The highest BCUT2D eigenvalue weighted by molar-refractivity contribution is 9.10. The molecule has 2 fully saturated rings. The van der Waals surface area contributed by atoms with Crippen molar-refractivity contribution in [3.63, 3.8) is 0 Å². The minimum Gasteiger partial charge on any atom is -0.309 e. The van der Waals surface area contributed by atoms with Crippen LogP contribution < -0.4 is 5.32 Å². The summed E-state index contributed by atoms with van der Waals surface area (Å²) in [6.07, 6.45) is 9.07. The highest BCUT2D eigenvalue weighted by Gasteiger charge is 2.40. The standard InChI is InChI=1S/C16H23BrN2/c1-2-18-15(16-14(17)4-3-7-19-16)10-13-9-11-5-6-12(13)8-11/h3-4,7,11-13,15,18H,2,5-6,8-10H2,1H3. The Balaban J connectivity index is 1.73. The summed E-state index contributed by atoms with van der Waals surface area (Å²) in [6, 6.07) is 4.51. The largest absolute Gasteiger partial charge is 0.309 e. The lowest BCUT2D eigenvalue weighted by Crippen LogP contribution is -2.26. The van der Waals surface area contributed by atoms with Crippen molar-refractivity contribution in [2.24, 2.45) is 17.8 Å². The van der Waals surface area contributed by atoms with Crippen LogP contribution in [0.15, 0.2) is 22.8 Å². The van der Waals surface area contributed by atoms with Crippen LogP contribution in [0.2, 0.25) is 0 Å². The van der Waals surface area contributed by atoms with Gasteiger partial charge >= 0.3 is 0 Å². The summed E-state index contributed by atoms with van der Waals surface area (Å²) in [4.78, 5) is 4.59. The van der Waals surface area contributed by atoms with Crippen molar-refractivity contribution in [1.29, 1.82) is 0 Å². The average molecular weight is 323 g/mol. The van der Waals surface area contributed by atoms with Gasteiger partial charge in [-0.05, 0) is 78.0 Å². The van der Waals surface area contributed by atoms with Crippen molar-refractivity contribution in [1.82, 2.24) is 10.3 Å². The molecular weight excluding hydrogens is 300 g/mol. The van der Waals surface area contributed by atoms with Gasteiger partial charge in [-0.25, -0.2) is 0 Å². The van der Waals surface area contributed by atoms with Crippen molar-refractivity contribution in [2.75, 3.05) is 6.54 Å². The van der Waals surface area contributed by atoms with Crippen LogP contribution in [-0.2, 0) is 0 Å². The van der Waals surface area contributed by atoms with E-state index < -0.39 is 0 Å². The van der Waals surface area contributed by atoms with Crippen molar-refractivity contribution in [2.45, 2.75) is 45.1 Å². The highest BCUT2D eigenvalue weighted by atomic mass is 79.9. The molecule has 2 nitrogen and oxygen atoms in total. The summed E-state index contributed by atoms with van der Waals surface area (Å²) in [5, 5.41) is 3.63. The quantitative estimate of drug-likeness (QED) is 0.873. The minimum atomic E-state index is 0.407. The van der Waals surface area contributed by atoms with Crippen molar-refractivity contribution >= 4 is 15.9 Å². The topological polar surface area (TPSA) is 24.9 Å². The van der Waals surface area contributed by atoms with Crippen LogP contribution in [0.25, 0.3) is 0 Å². The molecular formula is C16H23BrN2. The van der Waals surface area contributed by atoms with Crippen LogP contribution in [0, 0.1) is 17.8 Å². The molecule has 0 amide bonds. The normalized spacial score (nSPS) is 30.7. The number of fused-ring (bicyclic) bond motifs is 2. The summed E-state index contributed by atoms with van der Waals surface area (Å²) in [5.74, 6) is 2.94. The summed E-state index contributed by atoms with van der Waals surface area (Å²) in [7, 11) is 0. The van der Waals surface area contributed by atoms with Crippen LogP contribution >= 0.6 is 15.9 Å². The summed E-state index contributed by atoms with van der Waals surface area (Å²) in [6.45, 7) is 3.19.